The van der Waals surface area contributed by atoms with Crippen molar-refractivity contribution in [1.29, 1.82) is 0 Å². The molecule has 1 rings (SSSR count). The monoisotopic (exact) mass is 244 g/mol. The Morgan fingerprint density at radius 3 is 2.76 bits per heavy atom. The molecule has 0 saturated heterocycles. The SMILES string of the molecule is CCCOCC(=O)Nc1c(N)cc(F)cc1F. The van der Waals surface area contributed by atoms with Crippen LogP contribution in [-0.4, -0.2) is 19.1 Å². The summed E-state index contributed by atoms with van der Waals surface area (Å²) in [5.74, 6) is -2.23. The van der Waals surface area contributed by atoms with Crippen molar-refractivity contribution in [2.45, 2.75) is 13.3 Å². The zero-order chi connectivity index (χ0) is 12.8. The van der Waals surface area contributed by atoms with Crippen molar-refractivity contribution in [3.63, 3.8) is 0 Å². The second kappa shape index (κ2) is 6.15. The van der Waals surface area contributed by atoms with Gasteiger partial charge in [-0.15, -0.1) is 0 Å². The Kier molecular flexibility index (Phi) is 4.84. The lowest BCUT2D eigenvalue weighted by Gasteiger charge is -2.09. The first-order valence-corrected chi connectivity index (χ1v) is 5.16. The van der Waals surface area contributed by atoms with Crippen molar-refractivity contribution >= 4 is 17.3 Å². The largest absolute Gasteiger partial charge is 0.397 e. The van der Waals surface area contributed by atoms with Gasteiger partial charge >= 0.3 is 0 Å². The first-order valence-electron chi connectivity index (χ1n) is 5.16. The van der Waals surface area contributed by atoms with Crippen LogP contribution in [0.1, 0.15) is 13.3 Å². The molecule has 0 fully saturated rings. The van der Waals surface area contributed by atoms with Gasteiger partial charge in [0.05, 0.1) is 5.69 Å². The predicted octanol–water partition coefficient (Wildman–Crippen LogP) is 1.91. The molecule has 17 heavy (non-hydrogen) atoms. The minimum atomic E-state index is -0.911. The summed E-state index contributed by atoms with van der Waals surface area (Å²) in [6.07, 6.45) is 0.778. The summed E-state index contributed by atoms with van der Waals surface area (Å²) in [4.78, 5) is 11.3. The van der Waals surface area contributed by atoms with Gasteiger partial charge in [-0.3, -0.25) is 4.79 Å². The number of benzene rings is 1. The number of carbonyl (C=O) groups excluding carboxylic acids is 1. The highest BCUT2D eigenvalue weighted by Crippen LogP contribution is 2.23. The highest BCUT2D eigenvalue weighted by Gasteiger charge is 2.12. The standard InChI is InChI=1S/C11H14F2N2O2/c1-2-3-17-6-10(16)15-11-8(13)4-7(12)5-9(11)14/h4-5H,2-3,6,14H2,1H3,(H,15,16). The first-order chi connectivity index (χ1) is 8.04. The third-order valence-corrected chi connectivity index (χ3v) is 1.93. The Morgan fingerprint density at radius 2 is 2.18 bits per heavy atom. The fourth-order valence-corrected chi connectivity index (χ4v) is 1.21. The van der Waals surface area contributed by atoms with E-state index in [0.717, 1.165) is 12.5 Å². The van der Waals surface area contributed by atoms with Gasteiger partial charge in [0.2, 0.25) is 0 Å². The third-order valence-electron chi connectivity index (χ3n) is 1.93. The predicted molar refractivity (Wildman–Crippen MR) is 60.5 cm³/mol. The average Bonchev–Trinajstić information content (AvgIpc) is 2.24. The smallest absolute Gasteiger partial charge is 0.250 e. The number of nitrogens with two attached hydrogens (primary N) is 1. The van der Waals surface area contributed by atoms with Crippen molar-refractivity contribution in [2.75, 3.05) is 24.3 Å². The Bertz CT molecular complexity index is 387. The number of hydrogen-bond acceptors (Lipinski definition) is 3. The van der Waals surface area contributed by atoms with E-state index in [9.17, 15) is 13.6 Å². The van der Waals surface area contributed by atoms with Crippen LogP contribution in [0.5, 0.6) is 0 Å². The van der Waals surface area contributed by atoms with Crippen LogP contribution in [0.3, 0.4) is 0 Å². The second-order valence-electron chi connectivity index (χ2n) is 3.45. The lowest BCUT2D eigenvalue weighted by Crippen LogP contribution is -2.20. The maximum absolute atomic E-state index is 13.3. The van der Waals surface area contributed by atoms with E-state index in [0.29, 0.717) is 12.7 Å². The van der Waals surface area contributed by atoms with Crippen molar-refractivity contribution in [3.05, 3.63) is 23.8 Å². The number of ether oxygens (including phenoxy) is 1. The van der Waals surface area contributed by atoms with E-state index >= 15 is 0 Å². The molecule has 0 aliphatic rings. The summed E-state index contributed by atoms with van der Waals surface area (Å²) < 4.78 is 31.0. The van der Waals surface area contributed by atoms with Gasteiger partial charge in [0.1, 0.15) is 18.1 Å². The number of carbonyl (C=O) groups is 1. The zero-order valence-corrected chi connectivity index (χ0v) is 9.43. The van der Waals surface area contributed by atoms with Crippen LogP contribution < -0.4 is 11.1 Å². The zero-order valence-electron chi connectivity index (χ0n) is 9.43. The molecule has 1 amide bonds. The summed E-state index contributed by atoms with van der Waals surface area (Å²) in [5.41, 5.74) is 5.00. The molecule has 6 heteroatoms. The summed E-state index contributed by atoms with van der Waals surface area (Å²) in [6.45, 7) is 2.15. The molecule has 1 aromatic carbocycles. The van der Waals surface area contributed by atoms with Gasteiger partial charge in [-0.05, 0) is 12.5 Å². The van der Waals surface area contributed by atoms with Crippen LogP contribution in [0.2, 0.25) is 0 Å². The number of anilines is 2. The summed E-state index contributed by atoms with van der Waals surface area (Å²) in [5, 5.41) is 2.23. The Balaban J connectivity index is 2.65. The highest BCUT2D eigenvalue weighted by atomic mass is 19.1. The van der Waals surface area contributed by atoms with E-state index in [-0.39, 0.29) is 18.0 Å². The van der Waals surface area contributed by atoms with Crippen LogP contribution >= 0.6 is 0 Å². The summed E-state index contributed by atoms with van der Waals surface area (Å²) in [6, 6.07) is 1.59. The topological polar surface area (TPSA) is 64.3 Å². The molecule has 0 saturated carbocycles. The van der Waals surface area contributed by atoms with E-state index in [1.165, 1.54) is 0 Å². The van der Waals surface area contributed by atoms with Crippen LogP contribution in [0, 0.1) is 11.6 Å². The molecule has 0 aliphatic carbocycles. The minimum Gasteiger partial charge on any atom is -0.397 e. The molecule has 0 aliphatic heterocycles. The third kappa shape index (κ3) is 3.99. The van der Waals surface area contributed by atoms with Crippen molar-refractivity contribution in [3.8, 4) is 0 Å². The van der Waals surface area contributed by atoms with Crippen molar-refractivity contribution in [1.82, 2.24) is 0 Å². The minimum absolute atomic E-state index is 0.161. The fourth-order valence-electron chi connectivity index (χ4n) is 1.21. The van der Waals surface area contributed by atoms with E-state index in [1.807, 2.05) is 6.92 Å². The van der Waals surface area contributed by atoms with Gasteiger partial charge in [-0.1, -0.05) is 6.92 Å². The normalized spacial score (nSPS) is 10.3. The van der Waals surface area contributed by atoms with E-state index in [2.05, 4.69) is 5.32 Å². The summed E-state index contributed by atoms with van der Waals surface area (Å²) in [7, 11) is 0. The molecule has 1 aromatic rings. The van der Waals surface area contributed by atoms with Gasteiger partial charge in [-0.25, -0.2) is 8.78 Å². The highest BCUT2D eigenvalue weighted by molar-refractivity contribution is 5.94. The Morgan fingerprint density at radius 1 is 1.47 bits per heavy atom. The average molecular weight is 244 g/mol. The fraction of sp³-hybridized carbons (Fsp3) is 0.364. The summed E-state index contributed by atoms with van der Waals surface area (Å²) >= 11 is 0. The lowest BCUT2D eigenvalue weighted by molar-refractivity contribution is -0.120. The van der Waals surface area contributed by atoms with Crippen molar-refractivity contribution in [2.24, 2.45) is 0 Å². The molecule has 94 valence electrons. The number of halogens is 2. The van der Waals surface area contributed by atoms with Gasteiger partial charge in [0, 0.05) is 12.7 Å². The number of amides is 1. The maximum atomic E-state index is 13.3. The number of nitrogens with one attached hydrogen (secondary N) is 1. The number of nitrogen functional groups attached to an aromatic ring is 1. The van der Waals surface area contributed by atoms with Gasteiger partial charge in [0.15, 0.2) is 5.82 Å². The number of rotatable bonds is 5. The van der Waals surface area contributed by atoms with Crippen LogP contribution in [0.25, 0.3) is 0 Å². The molecular formula is C11H14F2N2O2. The van der Waals surface area contributed by atoms with Gasteiger partial charge in [0.25, 0.3) is 5.91 Å². The Hall–Kier alpha value is -1.69. The van der Waals surface area contributed by atoms with Crippen LogP contribution in [0.4, 0.5) is 20.2 Å². The second-order valence-corrected chi connectivity index (χ2v) is 3.45. The van der Waals surface area contributed by atoms with Gasteiger partial charge < -0.3 is 15.8 Å². The molecule has 0 spiro atoms. The molecule has 0 unspecified atom stereocenters. The van der Waals surface area contributed by atoms with Crippen LogP contribution in [0.15, 0.2) is 12.1 Å². The molecule has 0 radical (unpaired) electrons. The molecule has 4 nitrogen and oxygen atoms in total. The number of hydrogen-bond donors (Lipinski definition) is 2. The first kappa shape index (κ1) is 13.4. The van der Waals surface area contributed by atoms with Gasteiger partial charge in [-0.2, -0.15) is 0 Å². The van der Waals surface area contributed by atoms with Crippen molar-refractivity contribution < 1.29 is 18.3 Å². The molecule has 0 aromatic heterocycles. The van der Waals surface area contributed by atoms with E-state index in [1.54, 1.807) is 0 Å². The van der Waals surface area contributed by atoms with E-state index < -0.39 is 17.5 Å². The molecular weight excluding hydrogens is 230 g/mol. The molecule has 0 bridgehead atoms. The molecule has 3 N–H and O–H groups in total. The molecule has 0 heterocycles. The van der Waals surface area contributed by atoms with E-state index in [4.69, 9.17) is 10.5 Å². The Labute approximate surface area is 97.8 Å². The molecule has 0 atom stereocenters. The van der Waals surface area contributed by atoms with Crippen LogP contribution in [-0.2, 0) is 9.53 Å². The lowest BCUT2D eigenvalue weighted by atomic mass is 10.2. The quantitative estimate of drug-likeness (QED) is 0.614. The maximum Gasteiger partial charge on any atom is 0.250 e.